The highest BCUT2D eigenvalue weighted by Gasteiger charge is 2.35. The van der Waals surface area contributed by atoms with Crippen molar-refractivity contribution in [3.8, 4) is 0 Å². The fraction of sp³-hybridized carbons (Fsp3) is 0.160. The number of carbonyl (C=O) groups excluding carboxylic acids is 2. The Bertz CT molecular complexity index is 1240. The molecular weight excluding hydrogens is 441 g/mol. The van der Waals surface area contributed by atoms with Gasteiger partial charge in [0.1, 0.15) is 22.5 Å². The number of aromatic nitrogens is 1. The zero-order chi connectivity index (χ0) is 23.4. The Labute approximate surface area is 194 Å². The summed E-state index contributed by atoms with van der Waals surface area (Å²) >= 11 is 1.26. The van der Waals surface area contributed by atoms with Crippen LogP contribution >= 0.6 is 11.3 Å². The van der Waals surface area contributed by atoms with Gasteiger partial charge >= 0.3 is 0 Å². The van der Waals surface area contributed by atoms with E-state index < -0.39 is 17.8 Å². The molecule has 0 aliphatic carbocycles. The molecule has 0 radical (unpaired) electrons. The molecule has 0 unspecified atom stereocenters. The van der Waals surface area contributed by atoms with Gasteiger partial charge in [-0.15, -0.1) is 11.3 Å². The summed E-state index contributed by atoms with van der Waals surface area (Å²) in [4.78, 5) is 33.5. The van der Waals surface area contributed by atoms with E-state index in [1.807, 2.05) is 13.0 Å². The van der Waals surface area contributed by atoms with Crippen LogP contribution in [0.5, 0.6) is 0 Å². The largest absolute Gasteiger partial charge is 0.467 e. The molecule has 4 rings (SSSR count). The lowest BCUT2D eigenvalue weighted by atomic mass is 10.0. The van der Waals surface area contributed by atoms with Gasteiger partial charge in [0, 0.05) is 5.69 Å². The first-order chi connectivity index (χ1) is 15.9. The van der Waals surface area contributed by atoms with Crippen molar-refractivity contribution in [2.75, 3.05) is 4.90 Å². The van der Waals surface area contributed by atoms with Crippen LogP contribution in [0.1, 0.15) is 37.7 Å². The molecule has 0 bridgehead atoms. The molecular formula is C25H22FN3O3S. The second-order valence-electron chi connectivity index (χ2n) is 7.41. The van der Waals surface area contributed by atoms with Crippen LogP contribution in [-0.2, 0) is 11.3 Å². The van der Waals surface area contributed by atoms with Crippen molar-refractivity contribution in [1.29, 1.82) is 0 Å². The number of aryl methyl sites for hydroxylation is 2. The van der Waals surface area contributed by atoms with Crippen LogP contribution in [0, 0.1) is 19.7 Å². The number of anilines is 1. The maximum Gasteiger partial charge on any atom is 0.271 e. The lowest BCUT2D eigenvalue weighted by molar-refractivity contribution is -0.122. The Kier molecular flexibility index (Phi) is 6.65. The summed E-state index contributed by atoms with van der Waals surface area (Å²) in [6.07, 6.45) is 1.53. The highest BCUT2D eigenvalue weighted by Crippen LogP contribution is 2.32. The molecule has 2 aromatic heterocycles. The van der Waals surface area contributed by atoms with Crippen LogP contribution in [0.2, 0.25) is 0 Å². The van der Waals surface area contributed by atoms with Gasteiger partial charge in [0.15, 0.2) is 0 Å². The maximum absolute atomic E-state index is 13.8. The first kappa shape index (κ1) is 22.4. The average molecular weight is 464 g/mol. The zero-order valence-electron chi connectivity index (χ0n) is 18.1. The van der Waals surface area contributed by atoms with Gasteiger partial charge in [-0.05, 0) is 55.8 Å². The first-order valence-electron chi connectivity index (χ1n) is 10.3. The van der Waals surface area contributed by atoms with Gasteiger partial charge in [0.05, 0.1) is 23.5 Å². The number of amides is 2. The Hall–Kier alpha value is -3.78. The van der Waals surface area contributed by atoms with E-state index in [0.29, 0.717) is 27.6 Å². The molecule has 1 atom stereocenters. The van der Waals surface area contributed by atoms with E-state index in [0.717, 1.165) is 5.01 Å². The molecule has 1 N–H and O–H groups in total. The summed E-state index contributed by atoms with van der Waals surface area (Å²) in [5.74, 6) is -0.626. The highest BCUT2D eigenvalue weighted by molar-refractivity contribution is 7.13. The summed E-state index contributed by atoms with van der Waals surface area (Å²) < 4.78 is 19.0. The molecule has 0 aliphatic heterocycles. The minimum atomic E-state index is -0.999. The summed E-state index contributed by atoms with van der Waals surface area (Å²) in [6.45, 7) is 3.74. The van der Waals surface area contributed by atoms with Crippen molar-refractivity contribution in [2.45, 2.75) is 26.4 Å². The molecule has 0 spiro atoms. The monoisotopic (exact) mass is 463 g/mol. The second-order valence-corrected chi connectivity index (χ2v) is 8.61. The van der Waals surface area contributed by atoms with Gasteiger partial charge in [-0.3, -0.25) is 14.5 Å². The molecule has 0 fully saturated rings. The van der Waals surface area contributed by atoms with Crippen molar-refractivity contribution < 1.29 is 18.4 Å². The minimum absolute atomic E-state index is 0.166. The Morgan fingerprint density at radius 2 is 1.79 bits per heavy atom. The van der Waals surface area contributed by atoms with Crippen LogP contribution in [0.15, 0.2) is 77.4 Å². The van der Waals surface area contributed by atoms with Crippen molar-refractivity contribution in [1.82, 2.24) is 10.3 Å². The van der Waals surface area contributed by atoms with Gasteiger partial charge in [-0.1, -0.05) is 30.3 Å². The summed E-state index contributed by atoms with van der Waals surface area (Å²) in [5, 5.41) is 3.60. The second kappa shape index (κ2) is 9.79. The number of benzene rings is 2. The predicted molar refractivity (Wildman–Crippen MR) is 125 cm³/mol. The standard InChI is InChI=1S/C25H22FN3O3S/c1-16-23(33-17(2)28-16)25(31)29(20-12-10-19(26)11-13-20)22(18-7-4-3-5-8-18)24(30)27-15-21-9-6-14-32-21/h3-14,22H,15H2,1-2H3,(H,27,30)/t22-/m1/s1. The van der Waals surface area contributed by atoms with E-state index in [2.05, 4.69) is 10.3 Å². The average Bonchev–Trinajstić information content (AvgIpc) is 3.45. The molecule has 168 valence electrons. The smallest absolute Gasteiger partial charge is 0.271 e. The van der Waals surface area contributed by atoms with Crippen LogP contribution in [0.25, 0.3) is 0 Å². The van der Waals surface area contributed by atoms with Crippen LogP contribution in [0.3, 0.4) is 0 Å². The van der Waals surface area contributed by atoms with E-state index in [1.165, 1.54) is 46.8 Å². The molecule has 8 heteroatoms. The molecule has 2 heterocycles. The van der Waals surface area contributed by atoms with Crippen molar-refractivity contribution >= 4 is 28.8 Å². The van der Waals surface area contributed by atoms with Crippen molar-refractivity contribution in [3.05, 3.63) is 106 Å². The third kappa shape index (κ3) is 5.01. The van der Waals surface area contributed by atoms with Gasteiger partial charge in [-0.25, -0.2) is 9.37 Å². The van der Waals surface area contributed by atoms with Crippen LogP contribution in [-0.4, -0.2) is 16.8 Å². The summed E-state index contributed by atoms with van der Waals surface area (Å²) in [6, 6.07) is 17.0. The van der Waals surface area contributed by atoms with Crippen LogP contribution in [0.4, 0.5) is 10.1 Å². The van der Waals surface area contributed by atoms with Gasteiger partial charge in [0.2, 0.25) is 5.91 Å². The SMILES string of the molecule is Cc1nc(C)c(C(=O)N(c2ccc(F)cc2)[C@@H](C(=O)NCc2ccco2)c2ccccc2)s1. The number of furan rings is 1. The number of carbonyl (C=O) groups is 2. The van der Waals surface area contributed by atoms with E-state index in [-0.39, 0.29) is 12.5 Å². The Balaban J connectivity index is 1.79. The van der Waals surface area contributed by atoms with Gasteiger partial charge in [-0.2, -0.15) is 0 Å². The minimum Gasteiger partial charge on any atom is -0.467 e. The highest BCUT2D eigenvalue weighted by atomic mass is 32.1. The summed E-state index contributed by atoms with van der Waals surface area (Å²) in [5.41, 5.74) is 1.59. The molecule has 6 nitrogen and oxygen atoms in total. The number of halogens is 1. The van der Waals surface area contributed by atoms with E-state index in [9.17, 15) is 14.0 Å². The molecule has 0 saturated carbocycles. The fourth-order valence-electron chi connectivity index (χ4n) is 3.56. The van der Waals surface area contributed by atoms with E-state index in [1.54, 1.807) is 43.3 Å². The molecule has 4 aromatic rings. The quantitative estimate of drug-likeness (QED) is 0.409. The topological polar surface area (TPSA) is 75.4 Å². The van der Waals surface area contributed by atoms with Gasteiger partial charge in [0.25, 0.3) is 5.91 Å². The number of nitrogens with one attached hydrogen (secondary N) is 1. The Morgan fingerprint density at radius 3 is 2.39 bits per heavy atom. The molecule has 0 saturated heterocycles. The number of hydrogen-bond acceptors (Lipinski definition) is 5. The predicted octanol–water partition coefficient (Wildman–Crippen LogP) is 5.20. The molecule has 33 heavy (non-hydrogen) atoms. The zero-order valence-corrected chi connectivity index (χ0v) is 18.9. The molecule has 2 aromatic carbocycles. The third-order valence-electron chi connectivity index (χ3n) is 5.06. The first-order valence-corrected chi connectivity index (χ1v) is 11.1. The third-order valence-corrected chi connectivity index (χ3v) is 6.12. The number of hydrogen-bond donors (Lipinski definition) is 1. The number of rotatable bonds is 7. The van der Waals surface area contributed by atoms with E-state index >= 15 is 0 Å². The van der Waals surface area contributed by atoms with Crippen LogP contribution < -0.4 is 10.2 Å². The molecule has 0 aliphatic rings. The molecule has 2 amide bonds. The lowest BCUT2D eigenvalue weighted by Crippen LogP contribution is -2.44. The van der Waals surface area contributed by atoms with Gasteiger partial charge < -0.3 is 9.73 Å². The normalized spacial score (nSPS) is 11.7. The lowest BCUT2D eigenvalue weighted by Gasteiger charge is -2.31. The number of thiazole rings is 1. The van der Waals surface area contributed by atoms with Crippen molar-refractivity contribution in [3.63, 3.8) is 0 Å². The van der Waals surface area contributed by atoms with Crippen molar-refractivity contribution in [2.24, 2.45) is 0 Å². The number of nitrogens with zero attached hydrogens (tertiary/aromatic N) is 2. The van der Waals surface area contributed by atoms with E-state index in [4.69, 9.17) is 4.42 Å². The fourth-order valence-corrected chi connectivity index (χ4v) is 4.42. The summed E-state index contributed by atoms with van der Waals surface area (Å²) in [7, 11) is 0. The Morgan fingerprint density at radius 1 is 1.06 bits per heavy atom. The maximum atomic E-state index is 13.8.